The van der Waals surface area contributed by atoms with Crippen LogP contribution in [0, 0.1) is 5.82 Å². The van der Waals surface area contributed by atoms with Crippen LogP contribution in [0.4, 0.5) is 4.39 Å². The van der Waals surface area contributed by atoms with Crippen molar-refractivity contribution in [2.45, 2.75) is 6.04 Å². The van der Waals surface area contributed by atoms with E-state index < -0.39 is 0 Å². The fourth-order valence-electron chi connectivity index (χ4n) is 1.70. The van der Waals surface area contributed by atoms with Crippen LogP contribution in [-0.2, 0) is 0 Å². The van der Waals surface area contributed by atoms with Gasteiger partial charge in [-0.25, -0.2) is 9.37 Å². The average molecular weight is 252 g/mol. The Labute approximate surface area is 103 Å². The van der Waals surface area contributed by atoms with Gasteiger partial charge in [0.1, 0.15) is 11.6 Å². The van der Waals surface area contributed by atoms with Crippen molar-refractivity contribution >= 4 is 11.3 Å². The number of nitrogens with one attached hydrogen (secondary N) is 1. The van der Waals surface area contributed by atoms with E-state index in [2.05, 4.69) is 10.3 Å². The molecule has 0 saturated heterocycles. The number of hydrogen-bond acceptors (Lipinski definition) is 4. The molecule has 17 heavy (non-hydrogen) atoms. The van der Waals surface area contributed by atoms with Gasteiger partial charge < -0.3 is 10.1 Å². The Kier molecular flexibility index (Phi) is 3.71. The van der Waals surface area contributed by atoms with E-state index in [1.165, 1.54) is 24.5 Å². The summed E-state index contributed by atoms with van der Waals surface area (Å²) in [7, 11) is 3.30. The van der Waals surface area contributed by atoms with Gasteiger partial charge in [0.15, 0.2) is 0 Å². The monoisotopic (exact) mass is 252 g/mol. The molecule has 0 aliphatic carbocycles. The predicted octanol–water partition coefficient (Wildman–Crippen LogP) is 2.60. The molecule has 0 spiro atoms. The number of ether oxygens (including phenoxy) is 1. The lowest BCUT2D eigenvalue weighted by molar-refractivity contribution is 0.410. The van der Waals surface area contributed by atoms with Gasteiger partial charge in [-0.2, -0.15) is 0 Å². The number of thiazole rings is 1. The minimum absolute atomic E-state index is 0.229. The molecule has 2 rings (SSSR count). The largest absolute Gasteiger partial charge is 0.497 e. The number of nitrogens with zero attached hydrogens (tertiary/aromatic N) is 1. The van der Waals surface area contributed by atoms with E-state index in [4.69, 9.17) is 4.74 Å². The molecule has 0 fully saturated rings. The smallest absolute Gasteiger partial charge is 0.132 e. The second-order valence-electron chi connectivity index (χ2n) is 3.52. The number of hydrogen-bond donors (Lipinski definition) is 1. The summed E-state index contributed by atoms with van der Waals surface area (Å²) in [5.74, 6) is 0.219. The third-order valence-corrected chi connectivity index (χ3v) is 3.16. The molecule has 0 amide bonds. The first kappa shape index (κ1) is 12.0. The molecule has 1 heterocycles. The van der Waals surface area contributed by atoms with Gasteiger partial charge in [-0.3, -0.25) is 0 Å². The predicted molar refractivity (Wildman–Crippen MR) is 66.0 cm³/mol. The zero-order valence-corrected chi connectivity index (χ0v) is 10.4. The molecular formula is C12H13FN2OS. The third-order valence-electron chi connectivity index (χ3n) is 2.55. The average Bonchev–Trinajstić information content (AvgIpc) is 2.85. The topological polar surface area (TPSA) is 34.2 Å². The van der Waals surface area contributed by atoms with Gasteiger partial charge in [-0.1, -0.05) is 6.07 Å². The zero-order valence-electron chi connectivity index (χ0n) is 9.61. The quantitative estimate of drug-likeness (QED) is 0.908. The van der Waals surface area contributed by atoms with Gasteiger partial charge in [0.05, 0.1) is 24.4 Å². The summed E-state index contributed by atoms with van der Waals surface area (Å²) in [5.41, 5.74) is 3.13. The minimum atomic E-state index is -0.295. The van der Waals surface area contributed by atoms with Crippen LogP contribution in [0.2, 0.25) is 0 Å². The van der Waals surface area contributed by atoms with Crippen LogP contribution in [0.15, 0.2) is 29.1 Å². The van der Waals surface area contributed by atoms with Crippen molar-refractivity contribution in [1.82, 2.24) is 10.3 Å². The van der Waals surface area contributed by atoms with E-state index in [0.29, 0.717) is 11.3 Å². The van der Waals surface area contributed by atoms with Crippen LogP contribution in [0.1, 0.15) is 17.3 Å². The molecule has 0 radical (unpaired) electrons. The highest BCUT2D eigenvalue weighted by Gasteiger charge is 2.18. The molecule has 1 unspecified atom stereocenters. The molecule has 0 saturated carbocycles. The Bertz CT molecular complexity index is 487. The SMILES string of the molecule is CNC(c1cscn1)c1ccc(OC)cc1F. The van der Waals surface area contributed by atoms with Crippen molar-refractivity contribution in [2.24, 2.45) is 0 Å². The first-order valence-corrected chi connectivity index (χ1v) is 6.09. The van der Waals surface area contributed by atoms with E-state index in [-0.39, 0.29) is 11.9 Å². The molecule has 1 N–H and O–H groups in total. The maximum Gasteiger partial charge on any atom is 0.132 e. The Hall–Kier alpha value is -1.46. The van der Waals surface area contributed by atoms with E-state index in [1.54, 1.807) is 24.7 Å². The maximum atomic E-state index is 13.9. The second kappa shape index (κ2) is 5.25. The summed E-state index contributed by atoms with van der Waals surface area (Å²) in [5, 5.41) is 4.97. The van der Waals surface area contributed by atoms with Crippen molar-refractivity contribution in [3.05, 3.63) is 46.2 Å². The number of rotatable bonds is 4. The minimum Gasteiger partial charge on any atom is -0.497 e. The lowest BCUT2D eigenvalue weighted by Gasteiger charge is -2.15. The Morgan fingerprint density at radius 3 is 2.82 bits per heavy atom. The first-order chi connectivity index (χ1) is 8.26. The molecule has 0 bridgehead atoms. The number of halogens is 1. The highest BCUT2D eigenvalue weighted by molar-refractivity contribution is 7.07. The molecule has 2 aromatic rings. The lowest BCUT2D eigenvalue weighted by Crippen LogP contribution is -2.19. The molecule has 90 valence electrons. The van der Waals surface area contributed by atoms with Gasteiger partial charge in [0, 0.05) is 17.0 Å². The number of methoxy groups -OCH3 is 1. The normalized spacial score (nSPS) is 12.4. The second-order valence-corrected chi connectivity index (χ2v) is 4.24. The highest BCUT2D eigenvalue weighted by atomic mass is 32.1. The Morgan fingerprint density at radius 1 is 1.47 bits per heavy atom. The third kappa shape index (κ3) is 2.45. The highest BCUT2D eigenvalue weighted by Crippen LogP contribution is 2.26. The summed E-state index contributed by atoms with van der Waals surface area (Å²) < 4.78 is 18.9. The Morgan fingerprint density at radius 2 is 2.29 bits per heavy atom. The molecular weight excluding hydrogens is 239 g/mol. The van der Waals surface area contributed by atoms with Crippen molar-refractivity contribution in [2.75, 3.05) is 14.2 Å². The fourth-order valence-corrected chi connectivity index (χ4v) is 2.28. The molecule has 1 aromatic heterocycles. The van der Waals surface area contributed by atoms with E-state index in [1.807, 2.05) is 5.38 Å². The van der Waals surface area contributed by atoms with Crippen LogP contribution < -0.4 is 10.1 Å². The first-order valence-electron chi connectivity index (χ1n) is 5.15. The molecule has 5 heteroatoms. The summed E-state index contributed by atoms with van der Waals surface area (Å²) >= 11 is 1.49. The standard InChI is InChI=1S/C12H13FN2OS/c1-14-12(11-6-17-7-15-11)9-4-3-8(16-2)5-10(9)13/h3-7,12,14H,1-2H3. The van der Waals surface area contributed by atoms with Gasteiger partial charge in [0.2, 0.25) is 0 Å². The molecule has 1 aromatic carbocycles. The molecule has 0 aliphatic rings. The fraction of sp³-hybridized carbons (Fsp3) is 0.250. The van der Waals surface area contributed by atoms with E-state index in [0.717, 1.165) is 5.69 Å². The van der Waals surface area contributed by atoms with Crippen molar-refractivity contribution < 1.29 is 9.13 Å². The van der Waals surface area contributed by atoms with E-state index >= 15 is 0 Å². The van der Waals surface area contributed by atoms with Crippen LogP contribution in [0.25, 0.3) is 0 Å². The van der Waals surface area contributed by atoms with Gasteiger partial charge in [0.25, 0.3) is 0 Å². The summed E-state index contributed by atoms with van der Waals surface area (Å²) in [6, 6.07) is 4.61. The summed E-state index contributed by atoms with van der Waals surface area (Å²) in [6.07, 6.45) is 0. The van der Waals surface area contributed by atoms with E-state index in [9.17, 15) is 4.39 Å². The van der Waals surface area contributed by atoms with Gasteiger partial charge >= 0.3 is 0 Å². The summed E-state index contributed by atoms with van der Waals surface area (Å²) in [6.45, 7) is 0. The Balaban J connectivity index is 2.38. The van der Waals surface area contributed by atoms with Crippen molar-refractivity contribution in [3.8, 4) is 5.75 Å². The van der Waals surface area contributed by atoms with Crippen molar-refractivity contribution in [1.29, 1.82) is 0 Å². The van der Waals surface area contributed by atoms with Crippen molar-refractivity contribution in [3.63, 3.8) is 0 Å². The number of aromatic nitrogens is 1. The van der Waals surface area contributed by atoms with Crippen LogP contribution in [-0.4, -0.2) is 19.1 Å². The number of benzene rings is 1. The lowest BCUT2D eigenvalue weighted by atomic mass is 10.0. The van der Waals surface area contributed by atoms with Crippen LogP contribution in [0.3, 0.4) is 0 Å². The van der Waals surface area contributed by atoms with Gasteiger partial charge in [-0.15, -0.1) is 11.3 Å². The molecule has 3 nitrogen and oxygen atoms in total. The summed E-state index contributed by atoms with van der Waals surface area (Å²) in [4.78, 5) is 4.21. The van der Waals surface area contributed by atoms with Crippen LogP contribution in [0.5, 0.6) is 5.75 Å². The molecule has 0 aliphatic heterocycles. The zero-order chi connectivity index (χ0) is 12.3. The molecule has 1 atom stereocenters. The van der Waals surface area contributed by atoms with Gasteiger partial charge in [-0.05, 0) is 13.1 Å². The maximum absolute atomic E-state index is 13.9. The van der Waals surface area contributed by atoms with Crippen LogP contribution >= 0.6 is 11.3 Å².